The normalized spacial score (nSPS) is 10.2. The minimum Gasteiger partial charge on any atom is -0.481 e. The van der Waals surface area contributed by atoms with E-state index in [-0.39, 0.29) is 37.3 Å². The fourth-order valence-electron chi connectivity index (χ4n) is 2.29. The quantitative estimate of drug-likeness (QED) is 0.372. The second-order valence-corrected chi connectivity index (χ2v) is 5.39. The molecule has 19 heavy (non-hydrogen) atoms. The van der Waals surface area contributed by atoms with Gasteiger partial charge in [0.25, 0.3) is 0 Å². The van der Waals surface area contributed by atoms with Gasteiger partial charge < -0.3 is 5.11 Å². The Morgan fingerprint density at radius 2 is 1.00 bits per heavy atom. The summed E-state index contributed by atoms with van der Waals surface area (Å²) in [6.07, 6.45) is 17.3. The Balaban J connectivity index is 0. The number of carboxylic acids is 1. The third-order valence-corrected chi connectivity index (χ3v) is 3.49. The van der Waals surface area contributed by atoms with Gasteiger partial charge in [0.2, 0.25) is 0 Å². The van der Waals surface area contributed by atoms with Crippen molar-refractivity contribution in [2.24, 2.45) is 0 Å². The molecule has 0 aliphatic carbocycles. The van der Waals surface area contributed by atoms with Crippen LogP contribution < -0.4 is 0 Å². The molecule has 0 amide bonds. The minimum absolute atomic E-state index is 0. The second-order valence-electron chi connectivity index (χ2n) is 5.39. The molecule has 0 heterocycles. The number of hydrogen-bond donors (Lipinski definition) is 1. The zero-order chi connectivity index (χ0) is 13.5. The molecular weight excluding hydrogens is 391 g/mol. The molecule has 0 aromatic rings. The Kier molecular flexibility index (Phi) is 21.7. The summed E-state index contributed by atoms with van der Waals surface area (Å²) in [6.45, 7) is 2.26. The molecule has 0 radical (unpaired) electrons. The molecule has 1 N–H and O–H groups in total. The molecular formula is C16H32ErO2. The Hall–Kier alpha value is 0.717. The van der Waals surface area contributed by atoms with Crippen molar-refractivity contribution >= 4 is 5.97 Å². The van der Waals surface area contributed by atoms with E-state index in [9.17, 15) is 4.79 Å². The van der Waals surface area contributed by atoms with Crippen LogP contribution in [0, 0.1) is 37.3 Å². The number of carboxylic acid groups (broad SMARTS) is 1. The molecule has 0 rings (SSSR count). The number of hydrogen-bond acceptors (Lipinski definition) is 1. The fourth-order valence-corrected chi connectivity index (χ4v) is 2.29. The molecule has 120 valence electrons. The van der Waals surface area contributed by atoms with Gasteiger partial charge in [-0.25, -0.2) is 0 Å². The summed E-state index contributed by atoms with van der Waals surface area (Å²) >= 11 is 0. The summed E-state index contributed by atoms with van der Waals surface area (Å²) < 4.78 is 0. The standard InChI is InChI=1S/C16H32O2.Er/c1-2-3-4-5-6-7-8-9-10-11-12-13-14-15-16(17)18;/h2-15H2,1H3,(H,17,18);. The summed E-state index contributed by atoms with van der Waals surface area (Å²) in [6, 6.07) is 0. The average molecular weight is 424 g/mol. The zero-order valence-corrected chi connectivity index (χ0v) is 14.4. The fraction of sp³-hybridized carbons (Fsp3) is 0.938. The van der Waals surface area contributed by atoms with E-state index < -0.39 is 5.97 Å². The van der Waals surface area contributed by atoms with Gasteiger partial charge in [-0.15, -0.1) is 0 Å². The van der Waals surface area contributed by atoms with Gasteiger partial charge in [-0.2, -0.15) is 0 Å². The molecule has 0 aromatic carbocycles. The van der Waals surface area contributed by atoms with Crippen molar-refractivity contribution in [3.63, 3.8) is 0 Å². The van der Waals surface area contributed by atoms with Crippen LogP contribution in [0.25, 0.3) is 0 Å². The van der Waals surface area contributed by atoms with Crippen LogP contribution in [-0.2, 0) is 4.79 Å². The molecule has 2 nitrogen and oxygen atoms in total. The van der Waals surface area contributed by atoms with Crippen LogP contribution in [0.5, 0.6) is 0 Å². The van der Waals surface area contributed by atoms with Gasteiger partial charge in [-0.05, 0) is 6.42 Å². The summed E-state index contributed by atoms with van der Waals surface area (Å²) in [7, 11) is 0. The predicted octanol–water partition coefficient (Wildman–Crippen LogP) is 5.55. The van der Waals surface area contributed by atoms with E-state index in [1.165, 1.54) is 70.6 Å². The van der Waals surface area contributed by atoms with Crippen molar-refractivity contribution in [3.05, 3.63) is 0 Å². The van der Waals surface area contributed by atoms with E-state index in [1.807, 2.05) is 0 Å². The molecule has 0 aliphatic heterocycles. The summed E-state index contributed by atoms with van der Waals surface area (Å²) in [4.78, 5) is 10.3. The van der Waals surface area contributed by atoms with Crippen LogP contribution in [0.2, 0.25) is 0 Å². The zero-order valence-electron chi connectivity index (χ0n) is 12.5. The Labute approximate surface area is 149 Å². The van der Waals surface area contributed by atoms with E-state index >= 15 is 0 Å². The van der Waals surface area contributed by atoms with E-state index in [0.29, 0.717) is 6.42 Å². The third-order valence-electron chi connectivity index (χ3n) is 3.49. The molecule has 0 aliphatic rings. The van der Waals surface area contributed by atoms with Crippen LogP contribution in [0.3, 0.4) is 0 Å². The van der Waals surface area contributed by atoms with Gasteiger partial charge in [0.05, 0.1) is 0 Å². The van der Waals surface area contributed by atoms with Gasteiger partial charge >= 0.3 is 5.97 Å². The van der Waals surface area contributed by atoms with Crippen LogP contribution in [0.15, 0.2) is 0 Å². The largest absolute Gasteiger partial charge is 0.481 e. The van der Waals surface area contributed by atoms with E-state index in [0.717, 1.165) is 12.8 Å². The van der Waals surface area contributed by atoms with E-state index in [1.54, 1.807) is 0 Å². The molecule has 0 saturated heterocycles. The molecule has 0 fully saturated rings. The number of carbonyl (C=O) groups is 1. The molecule has 0 saturated carbocycles. The van der Waals surface area contributed by atoms with Crippen LogP contribution in [-0.4, -0.2) is 11.1 Å². The van der Waals surface area contributed by atoms with Gasteiger partial charge in [0.15, 0.2) is 0 Å². The van der Waals surface area contributed by atoms with Crippen molar-refractivity contribution in [1.82, 2.24) is 0 Å². The Bertz CT molecular complexity index is 184. The van der Waals surface area contributed by atoms with Gasteiger partial charge in [-0.1, -0.05) is 84.0 Å². The molecule has 0 spiro atoms. The third kappa shape index (κ3) is 21.2. The van der Waals surface area contributed by atoms with Crippen molar-refractivity contribution in [1.29, 1.82) is 0 Å². The number of rotatable bonds is 14. The summed E-state index contributed by atoms with van der Waals surface area (Å²) in [5.41, 5.74) is 0. The second kappa shape index (κ2) is 18.7. The van der Waals surface area contributed by atoms with E-state index in [2.05, 4.69) is 6.92 Å². The first-order valence-electron chi connectivity index (χ1n) is 7.99. The van der Waals surface area contributed by atoms with Crippen molar-refractivity contribution in [2.45, 2.75) is 96.8 Å². The van der Waals surface area contributed by atoms with E-state index in [4.69, 9.17) is 5.11 Å². The summed E-state index contributed by atoms with van der Waals surface area (Å²) in [5.74, 6) is -0.655. The number of aliphatic carboxylic acids is 1. The SMILES string of the molecule is CCCCCCCCCCCCCCCC(=O)O.[Er]. The Morgan fingerprint density at radius 1 is 0.684 bits per heavy atom. The van der Waals surface area contributed by atoms with Crippen LogP contribution in [0.4, 0.5) is 0 Å². The van der Waals surface area contributed by atoms with Crippen LogP contribution in [0.1, 0.15) is 96.8 Å². The first-order chi connectivity index (χ1) is 8.77. The van der Waals surface area contributed by atoms with Crippen molar-refractivity contribution < 1.29 is 47.2 Å². The van der Waals surface area contributed by atoms with Crippen molar-refractivity contribution in [2.75, 3.05) is 0 Å². The molecule has 3 heteroatoms. The maximum Gasteiger partial charge on any atom is 0.303 e. The minimum atomic E-state index is -0.655. The smallest absolute Gasteiger partial charge is 0.303 e. The topological polar surface area (TPSA) is 37.3 Å². The molecule has 0 unspecified atom stereocenters. The average Bonchev–Trinajstić information content (AvgIpc) is 2.34. The molecule has 0 atom stereocenters. The van der Waals surface area contributed by atoms with Crippen molar-refractivity contribution in [3.8, 4) is 0 Å². The summed E-state index contributed by atoms with van der Waals surface area (Å²) in [5, 5.41) is 8.49. The monoisotopic (exact) mass is 422 g/mol. The van der Waals surface area contributed by atoms with Gasteiger partial charge in [0.1, 0.15) is 0 Å². The first-order valence-corrected chi connectivity index (χ1v) is 7.99. The Morgan fingerprint density at radius 3 is 1.32 bits per heavy atom. The van der Waals surface area contributed by atoms with Crippen LogP contribution >= 0.6 is 0 Å². The molecule has 0 aromatic heterocycles. The predicted molar refractivity (Wildman–Crippen MR) is 77.9 cm³/mol. The first kappa shape index (κ1) is 22.0. The number of unbranched alkanes of at least 4 members (excludes halogenated alkanes) is 12. The van der Waals surface area contributed by atoms with Gasteiger partial charge in [0, 0.05) is 43.7 Å². The maximum absolute atomic E-state index is 10.3. The van der Waals surface area contributed by atoms with Gasteiger partial charge in [-0.3, -0.25) is 4.79 Å². The maximum atomic E-state index is 10.3. The molecule has 0 bridgehead atoms.